The van der Waals surface area contributed by atoms with E-state index in [9.17, 15) is 0 Å². The second-order valence-corrected chi connectivity index (χ2v) is 2.90. The van der Waals surface area contributed by atoms with Gasteiger partial charge in [-0.2, -0.15) is 5.26 Å². The zero-order valence-corrected chi connectivity index (χ0v) is 7.75. The first-order chi connectivity index (χ1) is 6.27. The van der Waals surface area contributed by atoms with Gasteiger partial charge in [0.25, 0.3) is 0 Å². The maximum absolute atomic E-state index is 8.61. The Labute approximate surface area is 82.2 Å². The summed E-state index contributed by atoms with van der Waals surface area (Å²) in [5.41, 5.74) is 6.74. The largest absolute Gasteiger partial charge is 0.327 e. The Morgan fingerprint density at radius 1 is 1.54 bits per heavy atom. The molecule has 0 saturated heterocycles. The summed E-state index contributed by atoms with van der Waals surface area (Å²) in [7, 11) is 0. The van der Waals surface area contributed by atoms with Crippen LogP contribution in [0.3, 0.4) is 0 Å². The number of benzene rings is 1. The molecular weight excluding hydrogens is 184 g/mol. The van der Waals surface area contributed by atoms with Crippen molar-refractivity contribution < 1.29 is 0 Å². The summed E-state index contributed by atoms with van der Waals surface area (Å²) in [6.45, 7) is 0.498. The third-order valence-corrected chi connectivity index (χ3v) is 1.87. The molecule has 0 aliphatic heterocycles. The lowest BCUT2D eigenvalue weighted by Gasteiger charge is -1.96. The molecule has 0 saturated carbocycles. The summed E-state index contributed by atoms with van der Waals surface area (Å²) >= 11 is 5.82. The predicted molar refractivity (Wildman–Crippen MR) is 54.3 cm³/mol. The average Bonchev–Trinajstić information content (AvgIpc) is 2.15. The highest BCUT2D eigenvalue weighted by molar-refractivity contribution is 6.31. The maximum atomic E-state index is 8.61. The van der Waals surface area contributed by atoms with Crippen LogP contribution in [0.1, 0.15) is 11.1 Å². The molecule has 0 spiro atoms. The number of hydrogen-bond acceptors (Lipinski definition) is 2. The average molecular weight is 193 g/mol. The van der Waals surface area contributed by atoms with E-state index < -0.39 is 0 Å². The Bertz CT molecular complexity index is 364. The number of nitrogens with two attached hydrogens (primary N) is 1. The summed E-state index contributed by atoms with van der Waals surface area (Å²) in [4.78, 5) is 0. The molecule has 0 amide bonds. The van der Waals surface area contributed by atoms with E-state index in [2.05, 4.69) is 0 Å². The topological polar surface area (TPSA) is 49.8 Å². The molecular formula is C10H9ClN2. The molecule has 1 aromatic rings. The molecule has 66 valence electrons. The van der Waals surface area contributed by atoms with Gasteiger partial charge in [-0.1, -0.05) is 29.8 Å². The van der Waals surface area contributed by atoms with Crippen LogP contribution in [-0.4, -0.2) is 6.54 Å². The Hall–Kier alpha value is -1.30. The Balaban J connectivity index is 2.97. The van der Waals surface area contributed by atoms with E-state index in [4.69, 9.17) is 22.6 Å². The standard InChI is InChI=1S/C10H9ClN2/c11-10-6-8(2-1-5-12)3-4-9(10)7-13/h1-4,6H,5,12H2. The van der Waals surface area contributed by atoms with Crippen LogP contribution in [0.2, 0.25) is 5.02 Å². The smallest absolute Gasteiger partial charge is 0.101 e. The van der Waals surface area contributed by atoms with Crippen molar-refractivity contribution in [3.63, 3.8) is 0 Å². The van der Waals surface area contributed by atoms with Gasteiger partial charge in [-0.25, -0.2) is 0 Å². The second kappa shape index (κ2) is 4.66. The van der Waals surface area contributed by atoms with Crippen LogP contribution in [0.5, 0.6) is 0 Å². The van der Waals surface area contributed by atoms with Gasteiger partial charge in [-0.05, 0) is 17.7 Å². The first kappa shape index (κ1) is 9.79. The van der Waals surface area contributed by atoms with E-state index in [1.54, 1.807) is 12.1 Å². The first-order valence-electron chi connectivity index (χ1n) is 3.84. The van der Waals surface area contributed by atoms with E-state index in [-0.39, 0.29) is 0 Å². The van der Waals surface area contributed by atoms with Crippen molar-refractivity contribution in [3.05, 3.63) is 40.4 Å². The van der Waals surface area contributed by atoms with Crippen LogP contribution >= 0.6 is 11.6 Å². The zero-order chi connectivity index (χ0) is 9.68. The fourth-order valence-electron chi connectivity index (χ4n) is 0.930. The van der Waals surface area contributed by atoms with Gasteiger partial charge in [0.05, 0.1) is 10.6 Å². The summed E-state index contributed by atoms with van der Waals surface area (Å²) in [5, 5.41) is 9.09. The molecule has 0 aliphatic carbocycles. The zero-order valence-electron chi connectivity index (χ0n) is 7.00. The minimum absolute atomic E-state index is 0.474. The van der Waals surface area contributed by atoms with Crippen LogP contribution in [0, 0.1) is 11.3 Å². The van der Waals surface area contributed by atoms with Crippen molar-refractivity contribution in [2.24, 2.45) is 5.73 Å². The van der Waals surface area contributed by atoms with Crippen LogP contribution in [0.15, 0.2) is 24.3 Å². The highest BCUT2D eigenvalue weighted by Crippen LogP contribution is 2.17. The number of halogens is 1. The lowest BCUT2D eigenvalue weighted by molar-refractivity contribution is 1.26. The molecule has 13 heavy (non-hydrogen) atoms. The SMILES string of the molecule is N#Cc1ccc(C=CCN)cc1Cl. The van der Waals surface area contributed by atoms with Gasteiger partial charge in [0.1, 0.15) is 6.07 Å². The molecule has 0 unspecified atom stereocenters. The van der Waals surface area contributed by atoms with Gasteiger partial charge in [-0.3, -0.25) is 0 Å². The minimum Gasteiger partial charge on any atom is -0.327 e. The molecule has 0 radical (unpaired) electrons. The Morgan fingerprint density at radius 2 is 2.31 bits per heavy atom. The van der Waals surface area contributed by atoms with Crippen molar-refractivity contribution in [2.75, 3.05) is 6.54 Å². The molecule has 2 nitrogen and oxygen atoms in total. The highest BCUT2D eigenvalue weighted by atomic mass is 35.5. The molecule has 1 rings (SSSR count). The molecule has 2 N–H and O–H groups in total. The molecule has 0 aliphatic rings. The molecule has 0 atom stereocenters. The van der Waals surface area contributed by atoms with Crippen LogP contribution < -0.4 is 5.73 Å². The van der Waals surface area contributed by atoms with Gasteiger partial charge >= 0.3 is 0 Å². The third-order valence-electron chi connectivity index (χ3n) is 1.56. The van der Waals surface area contributed by atoms with Gasteiger partial charge in [0.2, 0.25) is 0 Å². The molecule has 0 bridgehead atoms. The van der Waals surface area contributed by atoms with Crippen molar-refractivity contribution in [1.29, 1.82) is 5.26 Å². The number of nitrogens with zero attached hydrogens (tertiary/aromatic N) is 1. The highest BCUT2D eigenvalue weighted by Gasteiger charge is 1.97. The second-order valence-electron chi connectivity index (χ2n) is 2.49. The van der Waals surface area contributed by atoms with Gasteiger partial charge in [0.15, 0.2) is 0 Å². The quantitative estimate of drug-likeness (QED) is 0.781. The van der Waals surface area contributed by atoms with Crippen molar-refractivity contribution in [3.8, 4) is 6.07 Å². The van der Waals surface area contributed by atoms with Gasteiger partial charge < -0.3 is 5.73 Å². The van der Waals surface area contributed by atoms with Crippen molar-refractivity contribution in [2.45, 2.75) is 0 Å². The van der Waals surface area contributed by atoms with Gasteiger partial charge in [-0.15, -0.1) is 0 Å². The van der Waals surface area contributed by atoms with Crippen LogP contribution in [-0.2, 0) is 0 Å². The molecule has 3 heteroatoms. The summed E-state index contributed by atoms with van der Waals surface area (Å²) in [5.74, 6) is 0. The first-order valence-corrected chi connectivity index (χ1v) is 4.22. The monoisotopic (exact) mass is 192 g/mol. The fourth-order valence-corrected chi connectivity index (χ4v) is 1.16. The number of hydrogen-bond donors (Lipinski definition) is 1. The molecule has 1 aromatic carbocycles. The summed E-state index contributed by atoms with van der Waals surface area (Å²) < 4.78 is 0. The predicted octanol–water partition coefficient (Wildman–Crippen LogP) is 2.18. The van der Waals surface area contributed by atoms with E-state index in [1.807, 2.05) is 24.3 Å². The van der Waals surface area contributed by atoms with Crippen molar-refractivity contribution in [1.82, 2.24) is 0 Å². The molecule has 0 heterocycles. The lowest BCUT2D eigenvalue weighted by Crippen LogP contribution is -1.91. The van der Waals surface area contributed by atoms with E-state index in [0.29, 0.717) is 17.1 Å². The van der Waals surface area contributed by atoms with Gasteiger partial charge in [0, 0.05) is 6.54 Å². The summed E-state index contributed by atoms with van der Waals surface area (Å²) in [6.07, 6.45) is 3.70. The van der Waals surface area contributed by atoms with E-state index >= 15 is 0 Å². The minimum atomic E-state index is 0.474. The molecule has 0 fully saturated rings. The normalized spacial score (nSPS) is 10.2. The van der Waals surface area contributed by atoms with E-state index in [1.165, 1.54) is 0 Å². The van der Waals surface area contributed by atoms with Crippen LogP contribution in [0.4, 0.5) is 0 Å². The maximum Gasteiger partial charge on any atom is 0.101 e. The molecule has 0 aromatic heterocycles. The van der Waals surface area contributed by atoms with E-state index in [0.717, 1.165) is 5.56 Å². The van der Waals surface area contributed by atoms with Crippen LogP contribution in [0.25, 0.3) is 6.08 Å². The van der Waals surface area contributed by atoms with Crippen molar-refractivity contribution >= 4 is 17.7 Å². The number of rotatable bonds is 2. The fraction of sp³-hybridized carbons (Fsp3) is 0.100. The Kier molecular flexibility index (Phi) is 3.51. The third kappa shape index (κ3) is 2.59. The summed E-state index contributed by atoms with van der Waals surface area (Å²) in [6, 6.07) is 7.26. The number of nitriles is 1. The Morgan fingerprint density at radius 3 is 2.85 bits per heavy atom. The lowest BCUT2D eigenvalue weighted by atomic mass is 10.1.